The van der Waals surface area contributed by atoms with Crippen LogP contribution in [-0.4, -0.2) is 28.8 Å². The van der Waals surface area contributed by atoms with E-state index in [2.05, 4.69) is 5.32 Å². The fourth-order valence-corrected chi connectivity index (χ4v) is 3.27. The maximum absolute atomic E-state index is 12.9. The van der Waals surface area contributed by atoms with Crippen molar-refractivity contribution in [3.05, 3.63) is 35.9 Å². The number of hydrogen-bond donors (Lipinski definition) is 1. The van der Waals surface area contributed by atoms with Gasteiger partial charge in [0.05, 0.1) is 0 Å². The van der Waals surface area contributed by atoms with Gasteiger partial charge in [-0.1, -0.05) is 44.2 Å². The predicted molar refractivity (Wildman–Crippen MR) is 80.4 cm³/mol. The van der Waals surface area contributed by atoms with E-state index in [1.165, 1.54) is 0 Å². The van der Waals surface area contributed by atoms with Gasteiger partial charge >= 0.3 is 0 Å². The largest absolute Gasteiger partial charge is 0.339 e. The van der Waals surface area contributed by atoms with E-state index in [0.717, 1.165) is 24.8 Å². The minimum absolute atomic E-state index is 0.0228. The van der Waals surface area contributed by atoms with Gasteiger partial charge in [-0.3, -0.25) is 9.59 Å². The molecule has 1 aliphatic heterocycles. The van der Waals surface area contributed by atoms with Gasteiger partial charge in [0.1, 0.15) is 12.1 Å². The first-order chi connectivity index (χ1) is 10.1. The summed E-state index contributed by atoms with van der Waals surface area (Å²) in [6.07, 6.45) is 3.18. The third-order valence-electron chi connectivity index (χ3n) is 4.59. The summed E-state index contributed by atoms with van der Waals surface area (Å²) < 4.78 is 0. The normalized spacial score (nSPS) is 26.7. The molecule has 21 heavy (non-hydrogen) atoms. The standard InChI is InChI=1S/C17H22N2O2/c1-11(2)15-16(20)18-14(12-7-4-3-5-8-12)17(21)19(15)13-9-6-10-13/h3-5,7-8,11,13-15H,6,9-10H2,1-2H3,(H,18,20). The fraction of sp³-hybridized carbons (Fsp3) is 0.529. The summed E-state index contributed by atoms with van der Waals surface area (Å²) in [6, 6.07) is 8.89. The highest BCUT2D eigenvalue weighted by atomic mass is 16.2. The van der Waals surface area contributed by atoms with Gasteiger partial charge in [0.25, 0.3) is 5.91 Å². The van der Waals surface area contributed by atoms with Crippen LogP contribution in [0.2, 0.25) is 0 Å². The number of hydrogen-bond acceptors (Lipinski definition) is 2. The van der Waals surface area contributed by atoms with E-state index < -0.39 is 6.04 Å². The summed E-state index contributed by atoms with van der Waals surface area (Å²) in [6.45, 7) is 4.01. The molecule has 0 aromatic heterocycles. The summed E-state index contributed by atoms with van der Waals surface area (Å²) in [7, 11) is 0. The third kappa shape index (κ3) is 2.43. The second-order valence-electron chi connectivity index (χ2n) is 6.37. The Bertz CT molecular complexity index is 537. The Morgan fingerprint density at radius 1 is 1.14 bits per heavy atom. The highest BCUT2D eigenvalue weighted by Crippen LogP contribution is 2.34. The first-order valence-electron chi connectivity index (χ1n) is 7.77. The van der Waals surface area contributed by atoms with Crippen LogP contribution in [0.25, 0.3) is 0 Å². The van der Waals surface area contributed by atoms with Gasteiger partial charge in [0.15, 0.2) is 0 Å². The lowest BCUT2D eigenvalue weighted by Crippen LogP contribution is -2.65. The minimum atomic E-state index is -0.533. The average Bonchev–Trinajstić information content (AvgIpc) is 2.41. The highest BCUT2D eigenvalue weighted by molar-refractivity contribution is 5.98. The molecule has 1 saturated carbocycles. The Morgan fingerprint density at radius 3 is 2.33 bits per heavy atom. The van der Waals surface area contributed by atoms with Crippen molar-refractivity contribution < 1.29 is 9.59 Å². The summed E-state index contributed by atoms with van der Waals surface area (Å²) in [4.78, 5) is 27.3. The fourth-order valence-electron chi connectivity index (χ4n) is 3.27. The molecule has 1 aromatic rings. The van der Waals surface area contributed by atoms with Crippen molar-refractivity contribution in [2.75, 3.05) is 0 Å². The Kier molecular flexibility index (Phi) is 3.70. The minimum Gasteiger partial charge on any atom is -0.339 e. The molecule has 1 heterocycles. The molecule has 0 spiro atoms. The van der Waals surface area contributed by atoms with Crippen molar-refractivity contribution in [2.24, 2.45) is 5.92 Å². The molecule has 1 saturated heterocycles. The Hall–Kier alpha value is -1.84. The lowest BCUT2D eigenvalue weighted by molar-refractivity contribution is -0.156. The van der Waals surface area contributed by atoms with Gasteiger partial charge in [0, 0.05) is 6.04 Å². The summed E-state index contributed by atoms with van der Waals surface area (Å²) in [5.74, 6) is 0.154. The van der Waals surface area contributed by atoms with Gasteiger partial charge in [-0.05, 0) is 30.7 Å². The second-order valence-corrected chi connectivity index (χ2v) is 6.37. The number of rotatable bonds is 3. The Labute approximate surface area is 125 Å². The van der Waals surface area contributed by atoms with E-state index in [1.54, 1.807) is 0 Å². The average molecular weight is 286 g/mol. The highest BCUT2D eigenvalue weighted by Gasteiger charge is 2.46. The van der Waals surface area contributed by atoms with Crippen LogP contribution in [0.4, 0.5) is 0 Å². The SMILES string of the molecule is CC(C)C1C(=O)NC(c2ccccc2)C(=O)N1C1CCC1. The van der Waals surface area contributed by atoms with Crippen molar-refractivity contribution in [3.63, 3.8) is 0 Å². The molecule has 1 N–H and O–H groups in total. The van der Waals surface area contributed by atoms with Crippen LogP contribution in [-0.2, 0) is 9.59 Å². The number of nitrogens with one attached hydrogen (secondary N) is 1. The number of carbonyl (C=O) groups excluding carboxylic acids is 2. The van der Waals surface area contributed by atoms with Crippen LogP contribution in [0.1, 0.15) is 44.7 Å². The molecular formula is C17H22N2O2. The second kappa shape index (κ2) is 5.51. The molecular weight excluding hydrogens is 264 g/mol. The quantitative estimate of drug-likeness (QED) is 0.926. The van der Waals surface area contributed by atoms with Gasteiger partial charge in [-0.25, -0.2) is 0 Å². The van der Waals surface area contributed by atoms with Crippen LogP contribution in [0.3, 0.4) is 0 Å². The molecule has 2 aliphatic rings. The number of carbonyl (C=O) groups is 2. The van der Waals surface area contributed by atoms with E-state index in [9.17, 15) is 9.59 Å². The molecule has 3 rings (SSSR count). The van der Waals surface area contributed by atoms with Gasteiger partial charge in [-0.15, -0.1) is 0 Å². The van der Waals surface area contributed by atoms with Crippen molar-refractivity contribution in [2.45, 2.75) is 51.2 Å². The first kappa shape index (κ1) is 14.1. The summed E-state index contributed by atoms with van der Waals surface area (Å²) in [5, 5.41) is 2.92. The Morgan fingerprint density at radius 2 is 1.81 bits per heavy atom. The van der Waals surface area contributed by atoms with E-state index in [0.29, 0.717) is 0 Å². The molecule has 1 aliphatic carbocycles. The zero-order valence-corrected chi connectivity index (χ0v) is 12.6. The molecule has 0 bridgehead atoms. The van der Waals surface area contributed by atoms with Crippen molar-refractivity contribution in [1.82, 2.24) is 10.2 Å². The smallest absolute Gasteiger partial charge is 0.250 e. The van der Waals surface area contributed by atoms with Gasteiger partial charge in [-0.2, -0.15) is 0 Å². The third-order valence-corrected chi connectivity index (χ3v) is 4.59. The number of amides is 2. The molecule has 112 valence electrons. The molecule has 4 heteroatoms. The first-order valence-corrected chi connectivity index (χ1v) is 7.77. The molecule has 2 fully saturated rings. The van der Waals surface area contributed by atoms with Crippen LogP contribution in [0.5, 0.6) is 0 Å². The molecule has 2 amide bonds. The van der Waals surface area contributed by atoms with Crippen LogP contribution in [0.15, 0.2) is 30.3 Å². The lowest BCUT2D eigenvalue weighted by Gasteiger charge is -2.48. The molecule has 0 radical (unpaired) electrons. The van der Waals surface area contributed by atoms with Crippen molar-refractivity contribution in [1.29, 1.82) is 0 Å². The van der Waals surface area contributed by atoms with E-state index in [1.807, 2.05) is 49.1 Å². The predicted octanol–water partition coefficient (Wildman–Crippen LogP) is 2.26. The van der Waals surface area contributed by atoms with Crippen molar-refractivity contribution in [3.8, 4) is 0 Å². The van der Waals surface area contributed by atoms with Gasteiger partial charge < -0.3 is 10.2 Å². The van der Waals surface area contributed by atoms with Gasteiger partial charge in [0.2, 0.25) is 5.91 Å². The number of nitrogens with zero attached hydrogens (tertiary/aromatic N) is 1. The number of piperazine rings is 1. The summed E-state index contributed by atoms with van der Waals surface area (Å²) in [5.41, 5.74) is 0.863. The van der Waals surface area contributed by atoms with Crippen LogP contribution < -0.4 is 5.32 Å². The van der Waals surface area contributed by atoms with E-state index in [-0.39, 0.29) is 29.8 Å². The Balaban J connectivity index is 1.93. The maximum atomic E-state index is 12.9. The molecule has 2 atom stereocenters. The van der Waals surface area contributed by atoms with Crippen LogP contribution in [0, 0.1) is 5.92 Å². The maximum Gasteiger partial charge on any atom is 0.250 e. The summed E-state index contributed by atoms with van der Waals surface area (Å²) >= 11 is 0. The number of benzene rings is 1. The topological polar surface area (TPSA) is 49.4 Å². The zero-order chi connectivity index (χ0) is 15.0. The van der Waals surface area contributed by atoms with Crippen LogP contribution >= 0.6 is 0 Å². The monoisotopic (exact) mass is 286 g/mol. The zero-order valence-electron chi connectivity index (χ0n) is 12.6. The lowest BCUT2D eigenvalue weighted by atomic mass is 9.85. The van der Waals surface area contributed by atoms with E-state index in [4.69, 9.17) is 0 Å². The molecule has 1 aromatic carbocycles. The van der Waals surface area contributed by atoms with E-state index >= 15 is 0 Å². The molecule has 2 unspecified atom stereocenters. The molecule has 4 nitrogen and oxygen atoms in total. The van der Waals surface area contributed by atoms with Crippen molar-refractivity contribution >= 4 is 11.8 Å².